The van der Waals surface area contributed by atoms with Gasteiger partial charge in [0.05, 0.1) is 12.7 Å². The second-order valence-corrected chi connectivity index (χ2v) is 8.39. The highest BCUT2D eigenvalue weighted by atomic mass is 32.2. The van der Waals surface area contributed by atoms with Gasteiger partial charge >= 0.3 is 12.1 Å². The van der Waals surface area contributed by atoms with Gasteiger partial charge < -0.3 is 14.7 Å². The number of hydrogen-bond donors (Lipinski definition) is 1. The van der Waals surface area contributed by atoms with Crippen molar-refractivity contribution in [1.29, 1.82) is 0 Å². The van der Waals surface area contributed by atoms with Crippen molar-refractivity contribution in [1.82, 2.24) is 14.2 Å². The first-order valence-electron chi connectivity index (χ1n) is 8.50. The van der Waals surface area contributed by atoms with E-state index in [0.717, 1.165) is 0 Å². The van der Waals surface area contributed by atoms with Gasteiger partial charge in [0, 0.05) is 51.4 Å². The molecule has 29 heavy (non-hydrogen) atoms. The van der Waals surface area contributed by atoms with Crippen LogP contribution in [0.4, 0.5) is 13.2 Å². The summed E-state index contributed by atoms with van der Waals surface area (Å²) in [5.41, 5.74) is 0. The van der Waals surface area contributed by atoms with Crippen molar-refractivity contribution in [2.24, 2.45) is 5.92 Å². The number of ether oxygens (including phenoxy) is 1. The minimum atomic E-state index is -5.08. The van der Waals surface area contributed by atoms with Crippen LogP contribution in [0.2, 0.25) is 0 Å². The number of halogens is 3. The number of carbonyl (C=O) groups excluding carboxylic acids is 1. The van der Waals surface area contributed by atoms with Gasteiger partial charge in [-0.1, -0.05) is 0 Å². The molecule has 2 aliphatic heterocycles. The molecule has 0 bridgehead atoms. The molecule has 162 valence electrons. The summed E-state index contributed by atoms with van der Waals surface area (Å²) in [4.78, 5) is 26.3. The van der Waals surface area contributed by atoms with Crippen LogP contribution in [0.3, 0.4) is 0 Å². The fraction of sp³-hybridized carbons (Fsp3) is 0.562. The molecule has 0 unspecified atom stereocenters. The minimum Gasteiger partial charge on any atom is -0.475 e. The van der Waals surface area contributed by atoms with Crippen LogP contribution in [0.1, 0.15) is 6.92 Å². The standard InChI is InChI=1S/C14H19N3O4S.C2HF3O2/c1-11(18)16-5-6-21-14-10-17(9-12(14)8-16)22(19,20)13-3-2-4-15-7-13;3-2(4,5)1(6)7/h2-4,7,12,14H,5-6,8-10H2,1H3;(H,6,7)/t12-,14+;/m0./s1. The van der Waals surface area contributed by atoms with Crippen LogP contribution in [0.15, 0.2) is 29.4 Å². The van der Waals surface area contributed by atoms with Crippen LogP contribution in [0.5, 0.6) is 0 Å². The molecule has 1 aromatic rings. The normalized spacial score (nSPS) is 22.8. The summed E-state index contributed by atoms with van der Waals surface area (Å²) < 4.78 is 64.2. The molecule has 2 atom stereocenters. The van der Waals surface area contributed by atoms with Crippen molar-refractivity contribution in [3.05, 3.63) is 24.5 Å². The molecule has 3 heterocycles. The summed E-state index contributed by atoms with van der Waals surface area (Å²) in [6, 6.07) is 3.15. The topological polar surface area (TPSA) is 117 Å². The van der Waals surface area contributed by atoms with Crippen molar-refractivity contribution in [3.63, 3.8) is 0 Å². The fourth-order valence-corrected chi connectivity index (χ4v) is 4.46. The number of aromatic nitrogens is 1. The molecule has 1 amide bonds. The lowest BCUT2D eigenvalue weighted by Crippen LogP contribution is -2.36. The highest BCUT2D eigenvalue weighted by Crippen LogP contribution is 2.28. The highest BCUT2D eigenvalue weighted by molar-refractivity contribution is 7.89. The third-order valence-corrected chi connectivity index (χ3v) is 6.27. The van der Waals surface area contributed by atoms with Crippen molar-refractivity contribution >= 4 is 21.9 Å². The molecule has 0 saturated carbocycles. The van der Waals surface area contributed by atoms with Crippen LogP contribution >= 0.6 is 0 Å². The SMILES string of the molecule is CC(=O)N1CCO[C@@H]2CN(S(=O)(=O)c3cccnc3)C[C@@H]2C1.O=C(O)C(F)(F)F. The van der Waals surface area contributed by atoms with E-state index in [1.54, 1.807) is 23.2 Å². The number of alkyl halides is 3. The quantitative estimate of drug-likeness (QED) is 0.717. The summed E-state index contributed by atoms with van der Waals surface area (Å²) >= 11 is 0. The van der Waals surface area contributed by atoms with E-state index in [1.807, 2.05) is 0 Å². The molecule has 9 nitrogen and oxygen atoms in total. The lowest BCUT2D eigenvalue weighted by atomic mass is 10.1. The Morgan fingerprint density at radius 1 is 1.28 bits per heavy atom. The zero-order valence-corrected chi connectivity index (χ0v) is 16.2. The number of nitrogens with zero attached hydrogens (tertiary/aromatic N) is 3. The Labute approximate surface area is 165 Å². The first-order valence-corrected chi connectivity index (χ1v) is 9.94. The number of rotatable bonds is 2. The molecular weight excluding hydrogens is 419 g/mol. The Balaban J connectivity index is 0.000000370. The molecule has 0 radical (unpaired) electrons. The van der Waals surface area contributed by atoms with Gasteiger partial charge in [0.1, 0.15) is 4.90 Å². The molecular formula is C16H20F3N3O6S. The lowest BCUT2D eigenvalue weighted by molar-refractivity contribution is -0.192. The second kappa shape index (κ2) is 9.05. The van der Waals surface area contributed by atoms with Gasteiger partial charge in [-0.2, -0.15) is 17.5 Å². The Morgan fingerprint density at radius 3 is 2.45 bits per heavy atom. The van der Waals surface area contributed by atoms with E-state index >= 15 is 0 Å². The third-order valence-electron chi connectivity index (χ3n) is 4.46. The number of carbonyl (C=O) groups is 2. The van der Waals surface area contributed by atoms with Crippen LogP contribution in [-0.4, -0.2) is 84.7 Å². The fourth-order valence-electron chi connectivity index (χ4n) is 2.99. The van der Waals surface area contributed by atoms with E-state index in [9.17, 15) is 26.4 Å². The predicted octanol–water partition coefficient (Wildman–Crippen LogP) is 0.583. The molecule has 0 aromatic carbocycles. The number of amides is 1. The van der Waals surface area contributed by atoms with E-state index < -0.39 is 22.2 Å². The molecule has 0 spiro atoms. The van der Waals surface area contributed by atoms with E-state index in [-0.39, 0.29) is 22.8 Å². The van der Waals surface area contributed by atoms with Gasteiger partial charge in [0.15, 0.2) is 0 Å². The van der Waals surface area contributed by atoms with E-state index in [1.165, 1.54) is 17.4 Å². The summed E-state index contributed by atoms with van der Waals surface area (Å²) in [5, 5.41) is 7.12. The zero-order valence-electron chi connectivity index (χ0n) is 15.4. The molecule has 13 heteroatoms. The number of aliphatic carboxylic acids is 1. The van der Waals surface area contributed by atoms with Gasteiger partial charge in [-0.05, 0) is 12.1 Å². The number of sulfonamides is 1. The maximum absolute atomic E-state index is 12.6. The summed E-state index contributed by atoms with van der Waals surface area (Å²) in [6.07, 6.45) is -2.34. The molecule has 0 aliphatic carbocycles. The zero-order chi connectivity index (χ0) is 21.8. The van der Waals surface area contributed by atoms with Crippen molar-refractivity contribution in [2.45, 2.75) is 24.1 Å². The molecule has 2 fully saturated rings. The van der Waals surface area contributed by atoms with Gasteiger partial charge in [-0.15, -0.1) is 0 Å². The molecule has 1 aromatic heterocycles. The van der Waals surface area contributed by atoms with Crippen LogP contribution in [0, 0.1) is 5.92 Å². The first-order chi connectivity index (χ1) is 13.4. The number of hydrogen-bond acceptors (Lipinski definition) is 6. The molecule has 2 saturated heterocycles. The van der Waals surface area contributed by atoms with Crippen LogP contribution in [0.25, 0.3) is 0 Å². The largest absolute Gasteiger partial charge is 0.490 e. The average Bonchev–Trinajstić information content (AvgIpc) is 2.94. The van der Waals surface area contributed by atoms with Crippen molar-refractivity contribution in [3.8, 4) is 0 Å². The van der Waals surface area contributed by atoms with Crippen molar-refractivity contribution in [2.75, 3.05) is 32.8 Å². The monoisotopic (exact) mass is 439 g/mol. The Hall–Kier alpha value is -2.25. The number of carboxylic acids is 1. The number of carboxylic acid groups (broad SMARTS) is 1. The van der Waals surface area contributed by atoms with Crippen LogP contribution in [-0.2, 0) is 24.3 Å². The lowest BCUT2D eigenvalue weighted by Gasteiger charge is -2.22. The number of pyridine rings is 1. The van der Waals surface area contributed by atoms with Gasteiger partial charge in [-0.25, -0.2) is 13.2 Å². The van der Waals surface area contributed by atoms with Crippen LogP contribution < -0.4 is 0 Å². The van der Waals surface area contributed by atoms with E-state index in [4.69, 9.17) is 14.6 Å². The summed E-state index contributed by atoms with van der Waals surface area (Å²) in [7, 11) is -3.56. The Bertz CT molecular complexity index is 834. The first kappa shape index (κ1) is 23.0. The third kappa shape index (κ3) is 5.87. The maximum Gasteiger partial charge on any atom is 0.490 e. The predicted molar refractivity (Wildman–Crippen MR) is 92.2 cm³/mol. The highest BCUT2D eigenvalue weighted by Gasteiger charge is 2.42. The summed E-state index contributed by atoms with van der Waals surface area (Å²) in [5.74, 6) is -2.75. The van der Waals surface area contributed by atoms with Gasteiger partial charge in [-0.3, -0.25) is 9.78 Å². The van der Waals surface area contributed by atoms with E-state index in [2.05, 4.69) is 4.98 Å². The maximum atomic E-state index is 12.6. The molecule has 3 rings (SSSR count). The minimum absolute atomic E-state index is 0.00202. The molecule has 1 N–H and O–H groups in total. The van der Waals surface area contributed by atoms with Gasteiger partial charge in [0.25, 0.3) is 0 Å². The smallest absolute Gasteiger partial charge is 0.475 e. The number of fused-ring (bicyclic) bond motifs is 1. The van der Waals surface area contributed by atoms with Gasteiger partial charge in [0.2, 0.25) is 15.9 Å². The average molecular weight is 439 g/mol. The Kier molecular flexibility index (Phi) is 7.19. The second-order valence-electron chi connectivity index (χ2n) is 6.45. The van der Waals surface area contributed by atoms with Crippen molar-refractivity contribution < 1.29 is 41.0 Å². The van der Waals surface area contributed by atoms with E-state index in [0.29, 0.717) is 32.8 Å². The summed E-state index contributed by atoms with van der Waals surface area (Å²) in [6.45, 7) is 3.77. The molecule has 2 aliphatic rings. The Morgan fingerprint density at radius 2 is 1.93 bits per heavy atom.